The number of hydrogen-bond donors (Lipinski definition) is 0. The van der Waals surface area contributed by atoms with Gasteiger partial charge in [-0.1, -0.05) is 84.9 Å². The van der Waals surface area contributed by atoms with Crippen molar-refractivity contribution in [2.75, 3.05) is 0 Å². The summed E-state index contributed by atoms with van der Waals surface area (Å²) < 4.78 is 14.6. The van der Waals surface area contributed by atoms with E-state index in [0.717, 1.165) is 77.3 Å². The fourth-order valence-electron chi connectivity index (χ4n) is 7.46. The lowest BCUT2D eigenvalue weighted by atomic mass is 10.1. The Balaban J connectivity index is 1.16. The SMILES string of the molecule is c1ccc(-n2c3ccccc3c3ccc(-c4nc(-c5ccc6oc7ccccc7c6c5)nc(-c5ccc6oc7ccccc7c6c5)n4)cc32)cc1. The minimum atomic E-state index is 0.586. The third-order valence-electron chi connectivity index (χ3n) is 9.85. The van der Waals surface area contributed by atoms with Gasteiger partial charge in [0.2, 0.25) is 0 Å². The molecule has 0 aliphatic carbocycles. The van der Waals surface area contributed by atoms with Gasteiger partial charge < -0.3 is 13.4 Å². The second-order valence-corrected chi connectivity index (χ2v) is 12.8. The van der Waals surface area contributed by atoms with Crippen LogP contribution in [-0.2, 0) is 0 Å². The highest BCUT2D eigenvalue weighted by molar-refractivity contribution is 6.10. The van der Waals surface area contributed by atoms with Gasteiger partial charge in [-0.3, -0.25) is 0 Å². The highest BCUT2D eigenvalue weighted by Gasteiger charge is 2.18. The van der Waals surface area contributed by atoms with Crippen LogP contribution in [0.5, 0.6) is 0 Å². The molecular formula is C45H26N4O2. The molecule has 0 aliphatic rings. The monoisotopic (exact) mass is 654 g/mol. The van der Waals surface area contributed by atoms with Crippen LogP contribution in [-0.4, -0.2) is 19.5 Å². The molecule has 7 aromatic carbocycles. The van der Waals surface area contributed by atoms with Crippen LogP contribution in [0.2, 0.25) is 0 Å². The van der Waals surface area contributed by atoms with Crippen molar-refractivity contribution in [1.29, 1.82) is 0 Å². The quantitative estimate of drug-likeness (QED) is 0.189. The predicted molar refractivity (Wildman–Crippen MR) is 205 cm³/mol. The first-order chi connectivity index (χ1) is 25.2. The van der Waals surface area contributed by atoms with E-state index in [-0.39, 0.29) is 0 Å². The Kier molecular flexibility index (Phi) is 5.86. The van der Waals surface area contributed by atoms with Crippen LogP contribution >= 0.6 is 0 Å². The molecule has 0 amide bonds. The standard InChI is InChI=1S/C45H26N4O2/c1-2-10-30(11-3-1)49-37-15-7-4-12-31(37)32-21-18-29(26-38(32)49)45-47-43(27-19-22-41-35(24-27)33-13-5-8-16-39(33)50-41)46-44(48-45)28-20-23-42-36(25-28)34-14-6-9-17-40(34)51-42/h1-26H. The van der Waals surface area contributed by atoms with E-state index in [1.54, 1.807) is 0 Å². The average Bonchev–Trinajstić information content (AvgIpc) is 3.86. The van der Waals surface area contributed by atoms with Crippen molar-refractivity contribution < 1.29 is 8.83 Å². The van der Waals surface area contributed by atoms with Crippen LogP contribution in [0.25, 0.3) is 106 Å². The number of hydrogen-bond acceptors (Lipinski definition) is 5. The van der Waals surface area contributed by atoms with E-state index in [4.69, 9.17) is 23.8 Å². The minimum Gasteiger partial charge on any atom is -0.456 e. The van der Waals surface area contributed by atoms with Crippen LogP contribution in [0.4, 0.5) is 0 Å². The zero-order chi connectivity index (χ0) is 33.5. The molecule has 0 aliphatic heterocycles. The van der Waals surface area contributed by atoms with Gasteiger partial charge >= 0.3 is 0 Å². The Morgan fingerprint density at radius 2 is 0.784 bits per heavy atom. The Hall–Kier alpha value is -7.05. The molecule has 0 radical (unpaired) electrons. The molecule has 0 unspecified atom stereocenters. The molecule has 238 valence electrons. The number of furan rings is 2. The van der Waals surface area contributed by atoms with E-state index >= 15 is 0 Å². The van der Waals surface area contributed by atoms with Crippen LogP contribution in [0.1, 0.15) is 0 Å². The molecule has 0 atom stereocenters. The van der Waals surface area contributed by atoms with Crippen molar-refractivity contribution in [3.8, 4) is 39.9 Å². The molecule has 11 rings (SSSR count). The third-order valence-corrected chi connectivity index (χ3v) is 9.85. The lowest BCUT2D eigenvalue weighted by Crippen LogP contribution is -2.00. The van der Waals surface area contributed by atoms with Gasteiger partial charge in [-0.15, -0.1) is 0 Å². The summed E-state index contributed by atoms with van der Waals surface area (Å²) in [4.78, 5) is 15.4. The second kappa shape index (κ2) is 10.7. The number of fused-ring (bicyclic) bond motifs is 9. The van der Waals surface area contributed by atoms with E-state index in [0.29, 0.717) is 17.5 Å². The maximum Gasteiger partial charge on any atom is 0.164 e. The number of nitrogens with zero attached hydrogens (tertiary/aromatic N) is 4. The van der Waals surface area contributed by atoms with Gasteiger partial charge in [-0.25, -0.2) is 15.0 Å². The molecule has 0 saturated carbocycles. The fourth-order valence-corrected chi connectivity index (χ4v) is 7.46. The van der Waals surface area contributed by atoms with Crippen molar-refractivity contribution in [3.63, 3.8) is 0 Å². The highest BCUT2D eigenvalue weighted by Crippen LogP contribution is 2.37. The van der Waals surface area contributed by atoms with Gasteiger partial charge in [-0.05, 0) is 72.8 Å². The molecule has 6 nitrogen and oxygen atoms in total. The topological polar surface area (TPSA) is 69.9 Å². The highest BCUT2D eigenvalue weighted by atomic mass is 16.3. The van der Waals surface area contributed by atoms with Crippen molar-refractivity contribution in [1.82, 2.24) is 19.5 Å². The maximum atomic E-state index is 6.15. The van der Waals surface area contributed by atoms with Gasteiger partial charge in [0.25, 0.3) is 0 Å². The summed E-state index contributed by atoms with van der Waals surface area (Å²) in [6.45, 7) is 0. The molecule has 0 fully saturated rings. The Bertz CT molecular complexity index is 3020. The summed E-state index contributed by atoms with van der Waals surface area (Å²) >= 11 is 0. The molecule has 0 saturated heterocycles. The van der Waals surface area contributed by atoms with Gasteiger partial charge in [0.05, 0.1) is 11.0 Å². The van der Waals surface area contributed by atoms with Crippen molar-refractivity contribution in [2.24, 2.45) is 0 Å². The van der Waals surface area contributed by atoms with Crippen molar-refractivity contribution >= 4 is 65.7 Å². The van der Waals surface area contributed by atoms with Crippen molar-refractivity contribution in [2.45, 2.75) is 0 Å². The molecule has 0 bridgehead atoms. The van der Waals surface area contributed by atoms with E-state index in [2.05, 4.69) is 95.6 Å². The number of para-hydroxylation sites is 4. The molecule has 4 heterocycles. The fraction of sp³-hybridized carbons (Fsp3) is 0. The number of aromatic nitrogens is 4. The average molecular weight is 655 g/mol. The molecule has 0 spiro atoms. The Labute approximate surface area is 290 Å². The summed E-state index contributed by atoms with van der Waals surface area (Å²) in [7, 11) is 0. The largest absolute Gasteiger partial charge is 0.456 e. The predicted octanol–water partition coefficient (Wildman–Crippen LogP) is 11.8. The molecule has 11 aromatic rings. The lowest BCUT2D eigenvalue weighted by Gasteiger charge is -2.10. The van der Waals surface area contributed by atoms with Crippen LogP contribution in [0, 0.1) is 0 Å². The second-order valence-electron chi connectivity index (χ2n) is 12.8. The summed E-state index contributed by atoms with van der Waals surface area (Å²) in [5, 5.41) is 6.52. The van der Waals surface area contributed by atoms with Crippen molar-refractivity contribution in [3.05, 3.63) is 158 Å². The van der Waals surface area contributed by atoms with Crippen LogP contribution in [0.15, 0.2) is 167 Å². The summed E-state index contributed by atoms with van der Waals surface area (Å²) in [5.41, 5.74) is 9.35. The normalized spacial score (nSPS) is 11.9. The van der Waals surface area contributed by atoms with E-state index in [9.17, 15) is 0 Å². The first-order valence-corrected chi connectivity index (χ1v) is 16.9. The molecule has 4 aromatic heterocycles. The van der Waals surface area contributed by atoms with Gasteiger partial charge in [0.1, 0.15) is 22.3 Å². The number of rotatable bonds is 4. The van der Waals surface area contributed by atoms with Crippen LogP contribution < -0.4 is 0 Å². The molecule has 51 heavy (non-hydrogen) atoms. The molecule has 0 N–H and O–H groups in total. The summed E-state index contributed by atoms with van der Waals surface area (Å²) in [5.74, 6) is 1.77. The summed E-state index contributed by atoms with van der Waals surface area (Å²) in [6, 6.07) is 54.0. The first kappa shape index (κ1) is 27.9. The van der Waals surface area contributed by atoms with Gasteiger partial charge in [0.15, 0.2) is 17.5 Å². The van der Waals surface area contributed by atoms with Gasteiger partial charge in [0, 0.05) is 54.7 Å². The Morgan fingerprint density at radius 3 is 1.39 bits per heavy atom. The Morgan fingerprint density at radius 1 is 0.333 bits per heavy atom. The summed E-state index contributed by atoms with van der Waals surface area (Å²) in [6.07, 6.45) is 0. The van der Waals surface area contributed by atoms with Crippen LogP contribution in [0.3, 0.4) is 0 Å². The number of benzene rings is 7. The maximum absolute atomic E-state index is 6.15. The zero-order valence-corrected chi connectivity index (χ0v) is 27.1. The van der Waals surface area contributed by atoms with E-state index in [1.807, 2.05) is 66.7 Å². The minimum absolute atomic E-state index is 0.586. The smallest absolute Gasteiger partial charge is 0.164 e. The zero-order valence-electron chi connectivity index (χ0n) is 27.1. The van der Waals surface area contributed by atoms with E-state index in [1.165, 1.54) is 10.8 Å². The third kappa shape index (κ3) is 4.33. The first-order valence-electron chi connectivity index (χ1n) is 16.9. The molecule has 6 heteroatoms. The lowest BCUT2D eigenvalue weighted by molar-refractivity contribution is 0.668. The van der Waals surface area contributed by atoms with E-state index < -0.39 is 0 Å². The molecular weight excluding hydrogens is 629 g/mol. The van der Waals surface area contributed by atoms with Gasteiger partial charge in [-0.2, -0.15) is 0 Å².